The number of nitrogens with one attached hydrogen (secondary N) is 1. The molecule has 1 heterocycles. The molecule has 0 bridgehead atoms. The summed E-state index contributed by atoms with van der Waals surface area (Å²) < 4.78 is 6.67. The average molecular weight is 341 g/mol. The summed E-state index contributed by atoms with van der Waals surface area (Å²) in [6.45, 7) is 3.92. The second-order valence-electron chi connectivity index (χ2n) is 5.31. The summed E-state index contributed by atoms with van der Waals surface area (Å²) in [5.41, 5.74) is 7.79. The van der Waals surface area contributed by atoms with E-state index in [9.17, 15) is 4.79 Å². The highest BCUT2D eigenvalue weighted by molar-refractivity contribution is 9.10. The van der Waals surface area contributed by atoms with Gasteiger partial charge in [0.1, 0.15) is 5.75 Å². The third-order valence-electron chi connectivity index (χ3n) is 3.57. The van der Waals surface area contributed by atoms with E-state index in [0.717, 1.165) is 35.2 Å². The first-order chi connectivity index (χ1) is 9.60. The number of amides is 1. The average Bonchev–Trinajstić information content (AvgIpc) is 2.90. The van der Waals surface area contributed by atoms with E-state index < -0.39 is 0 Å². The number of carbonyl (C=O) groups is 1. The Hall–Kier alpha value is -1.07. The maximum atomic E-state index is 11.8. The Bertz CT molecular complexity index is 491. The molecule has 20 heavy (non-hydrogen) atoms. The number of nitrogens with two attached hydrogens (primary N) is 1. The van der Waals surface area contributed by atoms with Gasteiger partial charge in [0.05, 0.1) is 6.61 Å². The number of halogens is 1. The Morgan fingerprint density at radius 1 is 1.55 bits per heavy atom. The number of rotatable bonds is 6. The van der Waals surface area contributed by atoms with Crippen LogP contribution in [0.5, 0.6) is 5.75 Å². The van der Waals surface area contributed by atoms with Gasteiger partial charge in [-0.05, 0) is 36.6 Å². The molecular formula is C15H21BrN2O2. The summed E-state index contributed by atoms with van der Waals surface area (Å²) in [6.07, 6.45) is 2.29. The molecule has 1 atom stereocenters. The topological polar surface area (TPSA) is 64.4 Å². The number of fused-ring (bicyclic) bond motifs is 1. The van der Waals surface area contributed by atoms with Crippen molar-refractivity contribution in [3.8, 4) is 5.75 Å². The highest BCUT2D eigenvalue weighted by atomic mass is 79.9. The summed E-state index contributed by atoms with van der Waals surface area (Å²) in [6, 6.07) is 4.09. The van der Waals surface area contributed by atoms with E-state index in [1.54, 1.807) is 0 Å². The molecular weight excluding hydrogens is 320 g/mol. The molecule has 1 aliphatic rings. The molecule has 1 amide bonds. The standard InChI is InChI=1S/C15H21BrN2O2/c1-10(8-17)2-3-14(19)18-9-12-7-13(16)6-11-4-5-20-15(11)12/h6-7,10H,2-5,8-9,17H2,1H3,(H,18,19). The normalized spacial score (nSPS) is 14.6. The minimum absolute atomic E-state index is 0.0667. The minimum Gasteiger partial charge on any atom is -0.493 e. The third-order valence-corrected chi connectivity index (χ3v) is 4.03. The molecule has 4 nitrogen and oxygen atoms in total. The highest BCUT2D eigenvalue weighted by Crippen LogP contribution is 2.32. The van der Waals surface area contributed by atoms with Crippen molar-refractivity contribution in [3.05, 3.63) is 27.7 Å². The SMILES string of the molecule is CC(CN)CCC(=O)NCc1cc(Br)cc2c1OCC2. The fourth-order valence-corrected chi connectivity index (χ4v) is 2.81. The van der Waals surface area contributed by atoms with Crippen LogP contribution in [0.3, 0.4) is 0 Å². The lowest BCUT2D eigenvalue weighted by molar-refractivity contribution is -0.121. The minimum atomic E-state index is 0.0667. The molecule has 0 radical (unpaired) electrons. The van der Waals surface area contributed by atoms with Crippen LogP contribution in [-0.4, -0.2) is 19.1 Å². The van der Waals surface area contributed by atoms with Crippen molar-refractivity contribution < 1.29 is 9.53 Å². The number of hydrogen-bond acceptors (Lipinski definition) is 3. The summed E-state index contributed by atoms with van der Waals surface area (Å²) in [5.74, 6) is 1.39. The highest BCUT2D eigenvalue weighted by Gasteiger charge is 2.17. The van der Waals surface area contributed by atoms with Gasteiger partial charge < -0.3 is 15.8 Å². The molecule has 1 aromatic rings. The molecule has 3 N–H and O–H groups in total. The van der Waals surface area contributed by atoms with E-state index in [2.05, 4.69) is 34.2 Å². The van der Waals surface area contributed by atoms with Crippen LogP contribution in [0.1, 0.15) is 30.9 Å². The van der Waals surface area contributed by atoms with Gasteiger partial charge in [-0.2, -0.15) is 0 Å². The van der Waals surface area contributed by atoms with E-state index in [-0.39, 0.29) is 5.91 Å². The zero-order valence-electron chi connectivity index (χ0n) is 11.7. The van der Waals surface area contributed by atoms with Crippen molar-refractivity contribution in [2.75, 3.05) is 13.2 Å². The van der Waals surface area contributed by atoms with Gasteiger partial charge in [-0.15, -0.1) is 0 Å². The van der Waals surface area contributed by atoms with Crippen LogP contribution in [0.2, 0.25) is 0 Å². The fraction of sp³-hybridized carbons (Fsp3) is 0.533. The summed E-state index contributed by atoms with van der Waals surface area (Å²) in [4.78, 5) is 11.8. The van der Waals surface area contributed by atoms with Crippen LogP contribution < -0.4 is 15.8 Å². The first-order valence-electron chi connectivity index (χ1n) is 7.01. The van der Waals surface area contributed by atoms with Crippen molar-refractivity contribution in [1.82, 2.24) is 5.32 Å². The monoisotopic (exact) mass is 340 g/mol. The van der Waals surface area contributed by atoms with Crippen LogP contribution in [0.25, 0.3) is 0 Å². The largest absolute Gasteiger partial charge is 0.493 e. The van der Waals surface area contributed by atoms with Crippen LogP contribution in [-0.2, 0) is 17.8 Å². The van der Waals surface area contributed by atoms with Crippen LogP contribution in [0.15, 0.2) is 16.6 Å². The Morgan fingerprint density at radius 2 is 2.35 bits per heavy atom. The fourth-order valence-electron chi connectivity index (χ4n) is 2.25. The van der Waals surface area contributed by atoms with Crippen molar-refractivity contribution in [1.29, 1.82) is 0 Å². The van der Waals surface area contributed by atoms with E-state index in [1.165, 1.54) is 5.56 Å². The Labute approximate surface area is 128 Å². The molecule has 0 spiro atoms. The van der Waals surface area contributed by atoms with Crippen molar-refractivity contribution in [3.63, 3.8) is 0 Å². The van der Waals surface area contributed by atoms with Crippen LogP contribution in [0.4, 0.5) is 0 Å². The van der Waals surface area contributed by atoms with E-state index in [1.807, 2.05) is 6.07 Å². The van der Waals surface area contributed by atoms with Gasteiger partial charge in [0.15, 0.2) is 0 Å². The lowest BCUT2D eigenvalue weighted by atomic mass is 10.1. The molecule has 1 aromatic carbocycles. The molecule has 0 saturated carbocycles. The second kappa shape index (κ2) is 7.09. The van der Waals surface area contributed by atoms with Crippen molar-refractivity contribution in [2.24, 2.45) is 11.7 Å². The first kappa shape index (κ1) is 15.3. The number of ether oxygens (including phenoxy) is 1. The zero-order chi connectivity index (χ0) is 14.5. The van der Waals surface area contributed by atoms with Crippen LogP contribution >= 0.6 is 15.9 Å². The van der Waals surface area contributed by atoms with Crippen LogP contribution in [0, 0.1) is 5.92 Å². The summed E-state index contributed by atoms with van der Waals surface area (Å²) in [5, 5.41) is 2.95. The van der Waals surface area contributed by atoms with E-state index >= 15 is 0 Å². The van der Waals surface area contributed by atoms with Gasteiger partial charge in [-0.25, -0.2) is 0 Å². The molecule has 2 rings (SSSR count). The molecule has 0 aromatic heterocycles. The lowest BCUT2D eigenvalue weighted by Gasteiger charge is -2.11. The number of benzene rings is 1. The quantitative estimate of drug-likeness (QED) is 0.835. The van der Waals surface area contributed by atoms with E-state index in [4.69, 9.17) is 10.5 Å². The molecule has 0 fully saturated rings. The van der Waals surface area contributed by atoms with Gasteiger partial charge in [0, 0.05) is 29.4 Å². The lowest BCUT2D eigenvalue weighted by Crippen LogP contribution is -2.24. The summed E-state index contributed by atoms with van der Waals surface area (Å²) >= 11 is 3.50. The molecule has 5 heteroatoms. The molecule has 1 aliphatic heterocycles. The number of hydrogen-bond donors (Lipinski definition) is 2. The predicted molar refractivity (Wildman–Crippen MR) is 82.6 cm³/mol. The van der Waals surface area contributed by atoms with Gasteiger partial charge in [0.2, 0.25) is 5.91 Å². The maximum absolute atomic E-state index is 11.8. The molecule has 0 saturated heterocycles. The predicted octanol–water partition coefficient (Wildman–Crippen LogP) is 2.38. The number of carbonyl (C=O) groups excluding carboxylic acids is 1. The van der Waals surface area contributed by atoms with E-state index in [0.29, 0.717) is 25.4 Å². The summed E-state index contributed by atoms with van der Waals surface area (Å²) in [7, 11) is 0. The van der Waals surface area contributed by atoms with Gasteiger partial charge in [0.25, 0.3) is 0 Å². The van der Waals surface area contributed by atoms with Crippen molar-refractivity contribution >= 4 is 21.8 Å². The Kier molecular flexibility index (Phi) is 5.43. The van der Waals surface area contributed by atoms with Gasteiger partial charge >= 0.3 is 0 Å². The van der Waals surface area contributed by atoms with Gasteiger partial charge in [-0.3, -0.25) is 4.79 Å². The van der Waals surface area contributed by atoms with Gasteiger partial charge in [-0.1, -0.05) is 22.9 Å². The smallest absolute Gasteiger partial charge is 0.220 e. The Balaban J connectivity index is 1.90. The third kappa shape index (κ3) is 3.96. The zero-order valence-corrected chi connectivity index (χ0v) is 13.3. The molecule has 110 valence electrons. The first-order valence-corrected chi connectivity index (χ1v) is 7.80. The molecule has 0 aliphatic carbocycles. The Morgan fingerprint density at radius 3 is 3.10 bits per heavy atom. The van der Waals surface area contributed by atoms with Crippen molar-refractivity contribution in [2.45, 2.75) is 32.7 Å². The molecule has 1 unspecified atom stereocenters. The second-order valence-corrected chi connectivity index (χ2v) is 6.22. The maximum Gasteiger partial charge on any atom is 0.220 e.